The number of aryl methyl sites for hydroxylation is 1. The molecule has 0 amide bonds. The van der Waals surface area contributed by atoms with Gasteiger partial charge in [-0.05, 0) is 36.7 Å². The van der Waals surface area contributed by atoms with Crippen molar-refractivity contribution in [3.8, 4) is 0 Å². The van der Waals surface area contributed by atoms with Crippen LogP contribution < -0.4 is 0 Å². The van der Waals surface area contributed by atoms with Crippen LogP contribution in [0.4, 0.5) is 0 Å². The fourth-order valence-electron chi connectivity index (χ4n) is 2.58. The fraction of sp³-hybridized carbons (Fsp3) is 0.278. The molecule has 108 valence electrons. The molecule has 3 heteroatoms. The van der Waals surface area contributed by atoms with Gasteiger partial charge in [0, 0.05) is 6.54 Å². The Bertz CT molecular complexity index is 716. The third-order valence-electron chi connectivity index (χ3n) is 3.76. The number of rotatable bonds is 5. The summed E-state index contributed by atoms with van der Waals surface area (Å²) in [6, 6.07) is 16.9. The molecule has 0 radical (unpaired) electrons. The van der Waals surface area contributed by atoms with E-state index in [1.165, 1.54) is 11.1 Å². The van der Waals surface area contributed by atoms with Gasteiger partial charge in [0.1, 0.15) is 5.82 Å². The Morgan fingerprint density at radius 3 is 2.62 bits per heavy atom. The number of hydrogen-bond donors (Lipinski definition) is 1. The summed E-state index contributed by atoms with van der Waals surface area (Å²) in [5, 5.41) is 0. The summed E-state index contributed by atoms with van der Waals surface area (Å²) in [5.41, 5.74) is 4.77. The highest BCUT2D eigenvalue weighted by atomic mass is 15.1. The van der Waals surface area contributed by atoms with Crippen molar-refractivity contribution >= 4 is 11.0 Å². The maximum Gasteiger partial charge on any atom is 0.121 e. The van der Waals surface area contributed by atoms with Crippen LogP contribution in [0.1, 0.15) is 23.9 Å². The first-order valence-electron chi connectivity index (χ1n) is 7.46. The second kappa shape index (κ2) is 6.10. The van der Waals surface area contributed by atoms with Gasteiger partial charge in [-0.25, -0.2) is 4.98 Å². The van der Waals surface area contributed by atoms with Gasteiger partial charge in [0.05, 0.1) is 17.6 Å². The van der Waals surface area contributed by atoms with Gasteiger partial charge < -0.3 is 4.98 Å². The van der Waals surface area contributed by atoms with Gasteiger partial charge in [-0.15, -0.1) is 0 Å². The summed E-state index contributed by atoms with van der Waals surface area (Å²) in [7, 11) is 0. The predicted molar refractivity (Wildman–Crippen MR) is 87.1 cm³/mol. The Labute approximate surface area is 125 Å². The molecule has 0 spiro atoms. The average molecular weight is 279 g/mol. The van der Waals surface area contributed by atoms with E-state index in [1.54, 1.807) is 0 Å². The smallest absolute Gasteiger partial charge is 0.121 e. The molecule has 0 fully saturated rings. The highest BCUT2D eigenvalue weighted by Gasteiger charge is 2.08. The van der Waals surface area contributed by atoms with Gasteiger partial charge in [0.25, 0.3) is 0 Å². The molecule has 1 N–H and O–H groups in total. The van der Waals surface area contributed by atoms with E-state index in [-0.39, 0.29) is 0 Å². The van der Waals surface area contributed by atoms with Crippen molar-refractivity contribution in [1.82, 2.24) is 14.9 Å². The lowest BCUT2D eigenvalue weighted by Gasteiger charge is -2.19. The molecule has 21 heavy (non-hydrogen) atoms. The van der Waals surface area contributed by atoms with Crippen molar-refractivity contribution in [3.63, 3.8) is 0 Å². The minimum absolute atomic E-state index is 0.846. The Kier molecular flexibility index (Phi) is 4.02. The van der Waals surface area contributed by atoms with Crippen LogP contribution in [0.3, 0.4) is 0 Å². The van der Waals surface area contributed by atoms with Crippen molar-refractivity contribution in [1.29, 1.82) is 0 Å². The van der Waals surface area contributed by atoms with Crippen molar-refractivity contribution in [2.24, 2.45) is 0 Å². The molecule has 0 bridgehead atoms. The first kappa shape index (κ1) is 13.8. The van der Waals surface area contributed by atoms with Gasteiger partial charge in [-0.1, -0.05) is 43.3 Å². The third kappa shape index (κ3) is 3.31. The maximum absolute atomic E-state index is 4.69. The predicted octanol–water partition coefficient (Wildman–Crippen LogP) is 3.89. The highest BCUT2D eigenvalue weighted by molar-refractivity contribution is 5.75. The largest absolute Gasteiger partial charge is 0.341 e. The number of nitrogens with zero attached hydrogens (tertiary/aromatic N) is 2. The molecule has 3 nitrogen and oxygen atoms in total. The molecule has 3 aromatic rings. The lowest BCUT2D eigenvalue weighted by atomic mass is 10.2. The van der Waals surface area contributed by atoms with Crippen molar-refractivity contribution < 1.29 is 0 Å². The van der Waals surface area contributed by atoms with Crippen molar-refractivity contribution in [2.75, 3.05) is 6.54 Å². The van der Waals surface area contributed by atoms with Gasteiger partial charge in [0.15, 0.2) is 0 Å². The van der Waals surface area contributed by atoms with E-state index < -0.39 is 0 Å². The van der Waals surface area contributed by atoms with Crippen LogP contribution in [0.5, 0.6) is 0 Å². The number of fused-ring (bicyclic) bond motifs is 1. The zero-order valence-corrected chi connectivity index (χ0v) is 12.6. The topological polar surface area (TPSA) is 31.9 Å². The molecule has 0 aliphatic rings. The fourth-order valence-corrected chi connectivity index (χ4v) is 2.58. The molecule has 0 unspecified atom stereocenters. The van der Waals surface area contributed by atoms with Gasteiger partial charge in [-0.2, -0.15) is 0 Å². The van der Waals surface area contributed by atoms with Gasteiger partial charge in [0.2, 0.25) is 0 Å². The molecule has 3 rings (SSSR count). The number of nitrogens with one attached hydrogen (secondary N) is 1. The van der Waals surface area contributed by atoms with Crippen LogP contribution in [0.15, 0.2) is 48.5 Å². The summed E-state index contributed by atoms with van der Waals surface area (Å²) in [6.45, 7) is 7.10. The number of aromatic nitrogens is 2. The minimum atomic E-state index is 0.846. The normalized spacial score (nSPS) is 11.4. The number of H-pyrrole nitrogens is 1. The summed E-state index contributed by atoms with van der Waals surface area (Å²) in [6.07, 6.45) is 0. The molecule has 1 heterocycles. The lowest BCUT2D eigenvalue weighted by Crippen LogP contribution is -2.22. The molecule has 0 saturated carbocycles. The monoisotopic (exact) mass is 279 g/mol. The second-order valence-corrected chi connectivity index (χ2v) is 5.49. The van der Waals surface area contributed by atoms with E-state index in [0.717, 1.165) is 36.5 Å². The molecular formula is C18H21N3. The number of benzene rings is 2. The summed E-state index contributed by atoms with van der Waals surface area (Å²) in [5.74, 6) is 1.04. The maximum atomic E-state index is 4.69. The van der Waals surface area contributed by atoms with E-state index >= 15 is 0 Å². The quantitative estimate of drug-likeness (QED) is 0.768. The Morgan fingerprint density at radius 2 is 1.86 bits per heavy atom. The molecule has 0 aliphatic carbocycles. The van der Waals surface area contributed by atoms with E-state index in [9.17, 15) is 0 Å². The molecule has 1 aromatic heterocycles. The molecule has 0 aliphatic heterocycles. The van der Waals surface area contributed by atoms with Crippen LogP contribution >= 0.6 is 0 Å². The number of imidazole rings is 1. The van der Waals surface area contributed by atoms with E-state index in [0.29, 0.717) is 0 Å². The lowest BCUT2D eigenvalue weighted by molar-refractivity contribution is 0.265. The zero-order valence-electron chi connectivity index (χ0n) is 12.6. The number of aromatic amines is 1. The Morgan fingerprint density at radius 1 is 1.05 bits per heavy atom. The molecule has 2 aromatic carbocycles. The van der Waals surface area contributed by atoms with E-state index in [1.807, 2.05) is 0 Å². The molecule has 0 saturated heterocycles. The summed E-state index contributed by atoms with van der Waals surface area (Å²) < 4.78 is 0. The van der Waals surface area contributed by atoms with Crippen molar-refractivity contribution in [3.05, 3.63) is 65.5 Å². The van der Waals surface area contributed by atoms with Crippen LogP contribution in [-0.2, 0) is 13.1 Å². The summed E-state index contributed by atoms with van der Waals surface area (Å²) in [4.78, 5) is 10.5. The van der Waals surface area contributed by atoms with Crippen LogP contribution in [-0.4, -0.2) is 21.4 Å². The number of hydrogen-bond acceptors (Lipinski definition) is 2. The van der Waals surface area contributed by atoms with E-state index in [4.69, 9.17) is 0 Å². The van der Waals surface area contributed by atoms with Gasteiger partial charge >= 0.3 is 0 Å². The average Bonchev–Trinajstić information content (AvgIpc) is 2.89. The second-order valence-electron chi connectivity index (χ2n) is 5.49. The van der Waals surface area contributed by atoms with Crippen LogP contribution in [0.2, 0.25) is 0 Å². The van der Waals surface area contributed by atoms with Crippen LogP contribution in [0.25, 0.3) is 11.0 Å². The zero-order chi connectivity index (χ0) is 14.7. The van der Waals surface area contributed by atoms with Gasteiger partial charge in [-0.3, -0.25) is 4.90 Å². The van der Waals surface area contributed by atoms with Crippen LogP contribution in [0, 0.1) is 6.92 Å². The molecule has 0 atom stereocenters. The molecular weight excluding hydrogens is 258 g/mol. The first-order chi connectivity index (χ1) is 10.2. The Hall–Kier alpha value is -2.13. The SMILES string of the molecule is CCN(Cc1ccccc1)Cc1nc2ccc(C)cc2[nH]1. The third-order valence-corrected chi connectivity index (χ3v) is 3.76. The minimum Gasteiger partial charge on any atom is -0.341 e. The standard InChI is InChI=1S/C18H21N3/c1-3-21(12-15-7-5-4-6-8-15)13-18-19-16-10-9-14(2)11-17(16)20-18/h4-11H,3,12-13H2,1-2H3,(H,19,20). The van der Waals surface area contributed by atoms with Crippen molar-refractivity contribution in [2.45, 2.75) is 26.9 Å². The highest BCUT2D eigenvalue weighted by Crippen LogP contribution is 2.15. The first-order valence-corrected chi connectivity index (χ1v) is 7.46. The summed E-state index contributed by atoms with van der Waals surface area (Å²) >= 11 is 0. The van der Waals surface area contributed by atoms with E-state index in [2.05, 4.69) is 77.2 Å². The Balaban J connectivity index is 1.76.